The van der Waals surface area contributed by atoms with Gasteiger partial charge in [-0.2, -0.15) is 23.8 Å². The van der Waals surface area contributed by atoms with Gasteiger partial charge in [0.2, 0.25) is 0 Å². The molecule has 0 atom stereocenters. The van der Waals surface area contributed by atoms with Crippen LogP contribution in [0.5, 0.6) is 0 Å². The van der Waals surface area contributed by atoms with Gasteiger partial charge in [0.05, 0.1) is 5.82 Å². The first-order valence-corrected chi connectivity index (χ1v) is 6.03. The van der Waals surface area contributed by atoms with Gasteiger partial charge in [-0.15, -0.1) is 5.56 Å². The topological polar surface area (TPSA) is 15.3 Å². The Labute approximate surface area is 130 Å². The molecular formula is C16H19N2W-. The summed E-state index contributed by atoms with van der Waals surface area (Å²) in [4.78, 5) is 2.05. The second kappa shape index (κ2) is 5.79. The van der Waals surface area contributed by atoms with Crippen LogP contribution in [0.2, 0.25) is 0 Å². The van der Waals surface area contributed by atoms with Crippen molar-refractivity contribution in [3.63, 3.8) is 0 Å². The minimum absolute atomic E-state index is 0. The summed E-state index contributed by atoms with van der Waals surface area (Å²) >= 11 is 0. The van der Waals surface area contributed by atoms with Gasteiger partial charge in [0.15, 0.2) is 0 Å². The summed E-state index contributed by atoms with van der Waals surface area (Å²) in [5.41, 5.74) is 6.65. The largest absolute Gasteiger partial charge is 0.352 e. The fourth-order valence-corrected chi connectivity index (χ4v) is 2.18. The van der Waals surface area contributed by atoms with E-state index in [0.717, 1.165) is 34.0 Å². The number of benzene rings is 1. The van der Waals surface area contributed by atoms with Gasteiger partial charge in [-0.05, 0) is 19.4 Å². The average Bonchev–Trinajstić information content (AvgIpc) is 2.29. The number of nitrogens with one attached hydrogen (secondary N) is 1. The molecule has 2 rings (SSSR count). The van der Waals surface area contributed by atoms with E-state index in [-0.39, 0.29) is 21.1 Å². The summed E-state index contributed by atoms with van der Waals surface area (Å²) in [7, 11) is 0. The Hall–Kier alpha value is -1.27. The molecule has 2 nitrogen and oxygen atoms in total. The monoisotopic (exact) mass is 423 g/mol. The molecule has 1 heterocycles. The van der Waals surface area contributed by atoms with Gasteiger partial charge < -0.3 is 10.2 Å². The average molecular weight is 423 g/mol. The Morgan fingerprint density at radius 2 is 1.79 bits per heavy atom. The van der Waals surface area contributed by atoms with E-state index < -0.39 is 0 Å². The van der Waals surface area contributed by atoms with Crippen molar-refractivity contribution in [2.75, 3.05) is 4.90 Å². The predicted octanol–water partition coefficient (Wildman–Crippen LogP) is 3.79. The molecule has 0 aliphatic carbocycles. The van der Waals surface area contributed by atoms with E-state index in [9.17, 15) is 0 Å². The SMILES string of the molecule is C=C1NC(C)=C(C)C(=C)N1c1c[c-]c(C)cc1C.[W]. The van der Waals surface area contributed by atoms with Crippen LogP contribution >= 0.6 is 0 Å². The number of anilines is 1. The van der Waals surface area contributed by atoms with Gasteiger partial charge in [-0.3, -0.25) is 0 Å². The third-order valence-electron chi connectivity index (χ3n) is 3.38. The maximum atomic E-state index is 4.17. The summed E-state index contributed by atoms with van der Waals surface area (Å²) in [6.07, 6.45) is 0. The van der Waals surface area contributed by atoms with Gasteiger partial charge in [-0.25, -0.2) is 0 Å². The van der Waals surface area contributed by atoms with Crippen molar-refractivity contribution < 1.29 is 21.1 Å². The molecule has 0 amide bonds. The Morgan fingerprint density at radius 1 is 1.16 bits per heavy atom. The molecule has 19 heavy (non-hydrogen) atoms. The zero-order valence-corrected chi connectivity index (χ0v) is 14.9. The predicted molar refractivity (Wildman–Crippen MR) is 77.0 cm³/mol. The quantitative estimate of drug-likeness (QED) is 0.692. The molecular weight excluding hydrogens is 404 g/mol. The Bertz CT molecular complexity index is 570. The van der Waals surface area contributed by atoms with Crippen LogP contribution in [0.3, 0.4) is 0 Å². The van der Waals surface area contributed by atoms with Gasteiger partial charge in [0.1, 0.15) is 0 Å². The van der Waals surface area contributed by atoms with Crippen LogP contribution in [0.25, 0.3) is 0 Å². The molecule has 0 saturated carbocycles. The number of nitrogens with zero attached hydrogens (tertiary/aromatic N) is 1. The smallest absolute Gasteiger partial charge is 0.0958 e. The molecule has 0 saturated heterocycles. The van der Waals surface area contributed by atoms with Crippen molar-refractivity contribution >= 4 is 5.69 Å². The van der Waals surface area contributed by atoms with Crippen molar-refractivity contribution in [3.05, 3.63) is 65.3 Å². The number of hydrogen-bond donors (Lipinski definition) is 1. The fourth-order valence-electron chi connectivity index (χ4n) is 2.18. The third kappa shape index (κ3) is 2.84. The summed E-state index contributed by atoms with van der Waals surface area (Å²) in [5, 5.41) is 3.29. The molecule has 1 N–H and O–H groups in total. The van der Waals surface area contributed by atoms with E-state index in [1.54, 1.807) is 0 Å². The van der Waals surface area contributed by atoms with Gasteiger partial charge in [0, 0.05) is 32.5 Å². The van der Waals surface area contributed by atoms with Gasteiger partial charge in [-0.1, -0.05) is 32.7 Å². The van der Waals surface area contributed by atoms with E-state index in [4.69, 9.17) is 0 Å². The molecule has 100 valence electrons. The van der Waals surface area contributed by atoms with Crippen molar-refractivity contribution in [1.82, 2.24) is 5.32 Å². The molecule has 0 radical (unpaired) electrons. The first-order chi connectivity index (χ1) is 8.41. The second-order valence-electron chi connectivity index (χ2n) is 4.79. The zero-order valence-electron chi connectivity index (χ0n) is 11.9. The molecule has 0 spiro atoms. The third-order valence-corrected chi connectivity index (χ3v) is 3.38. The van der Waals surface area contributed by atoms with Crippen LogP contribution in [0.1, 0.15) is 25.0 Å². The number of aryl methyl sites for hydroxylation is 2. The molecule has 0 bridgehead atoms. The minimum atomic E-state index is 0. The number of hydrogen-bond acceptors (Lipinski definition) is 2. The molecule has 1 aliphatic heterocycles. The standard InChI is InChI=1S/C16H19N2.W/c1-10-7-8-16(11(2)9-10)18-14(5)12(3)13(4)17-15(18)6;/h8-9,17H,5-6H2,1-4H3;/q-1;. The molecule has 0 unspecified atom stereocenters. The van der Waals surface area contributed by atoms with Crippen molar-refractivity contribution in [1.29, 1.82) is 0 Å². The summed E-state index contributed by atoms with van der Waals surface area (Å²) in [5.74, 6) is 0.837. The van der Waals surface area contributed by atoms with Crippen LogP contribution in [0.4, 0.5) is 5.69 Å². The molecule has 0 fully saturated rings. The van der Waals surface area contributed by atoms with Crippen LogP contribution in [-0.2, 0) is 21.1 Å². The van der Waals surface area contributed by atoms with Crippen molar-refractivity contribution in [2.24, 2.45) is 0 Å². The Kier molecular flexibility index (Phi) is 4.81. The van der Waals surface area contributed by atoms with Crippen molar-refractivity contribution in [2.45, 2.75) is 27.7 Å². The molecule has 1 aromatic rings. The van der Waals surface area contributed by atoms with E-state index in [1.165, 1.54) is 5.56 Å². The minimum Gasteiger partial charge on any atom is -0.352 e. The summed E-state index contributed by atoms with van der Waals surface area (Å²) in [6.45, 7) is 16.5. The Morgan fingerprint density at radius 3 is 2.37 bits per heavy atom. The number of rotatable bonds is 1. The van der Waals surface area contributed by atoms with Gasteiger partial charge in [0.25, 0.3) is 0 Å². The zero-order chi connectivity index (χ0) is 13.4. The van der Waals surface area contributed by atoms with Crippen LogP contribution in [0, 0.1) is 19.9 Å². The van der Waals surface area contributed by atoms with E-state index in [0.29, 0.717) is 0 Å². The molecule has 3 heteroatoms. The Balaban J connectivity index is 0.00000180. The first-order valence-electron chi connectivity index (χ1n) is 6.03. The van der Waals surface area contributed by atoms with Crippen LogP contribution < -0.4 is 10.2 Å². The fraction of sp³-hybridized carbons (Fsp3) is 0.250. The van der Waals surface area contributed by atoms with Gasteiger partial charge >= 0.3 is 0 Å². The number of allylic oxidation sites excluding steroid dienone is 2. The maximum absolute atomic E-state index is 4.17. The second-order valence-corrected chi connectivity index (χ2v) is 4.79. The van der Waals surface area contributed by atoms with E-state index >= 15 is 0 Å². The van der Waals surface area contributed by atoms with Crippen LogP contribution in [-0.4, -0.2) is 0 Å². The maximum Gasteiger partial charge on any atom is 0.0958 e. The van der Waals surface area contributed by atoms with E-state index in [1.807, 2.05) is 24.8 Å². The van der Waals surface area contributed by atoms with Crippen molar-refractivity contribution in [3.8, 4) is 0 Å². The molecule has 1 aliphatic rings. The molecule has 0 aromatic heterocycles. The summed E-state index contributed by atoms with van der Waals surface area (Å²) in [6, 6.07) is 7.36. The normalized spacial score (nSPS) is 15.3. The molecule has 1 aromatic carbocycles. The summed E-state index contributed by atoms with van der Waals surface area (Å²) < 4.78 is 0. The first kappa shape index (κ1) is 15.8. The van der Waals surface area contributed by atoms with Crippen LogP contribution in [0.15, 0.2) is 48.1 Å². The van der Waals surface area contributed by atoms with E-state index in [2.05, 4.69) is 44.5 Å².